The molecule has 0 aliphatic rings. The molecule has 0 saturated carbocycles. The van der Waals surface area contributed by atoms with E-state index in [1.807, 2.05) is 11.4 Å². The van der Waals surface area contributed by atoms with Crippen LogP contribution < -0.4 is 5.32 Å². The van der Waals surface area contributed by atoms with Gasteiger partial charge in [-0.05, 0) is 35.7 Å². The molecule has 11 heteroatoms. The van der Waals surface area contributed by atoms with Gasteiger partial charge in [0.15, 0.2) is 0 Å². The molecule has 146 valence electrons. The molecule has 3 rings (SSSR count). The van der Waals surface area contributed by atoms with Crippen molar-refractivity contribution in [2.45, 2.75) is 9.92 Å². The Balaban J connectivity index is 1.61. The molecule has 2 heterocycles. The number of aromatic nitrogens is 2. The van der Waals surface area contributed by atoms with Crippen molar-refractivity contribution in [2.75, 3.05) is 19.8 Å². The lowest BCUT2D eigenvalue weighted by Crippen LogP contribution is -2.32. The lowest BCUT2D eigenvalue weighted by atomic mass is 10.2. The number of carbonyl (C=O) groups is 2. The van der Waals surface area contributed by atoms with Gasteiger partial charge in [-0.1, -0.05) is 11.8 Å². The zero-order chi connectivity index (χ0) is 20.3. The van der Waals surface area contributed by atoms with Crippen molar-refractivity contribution >= 4 is 55.2 Å². The van der Waals surface area contributed by atoms with Crippen LogP contribution in [0.2, 0.25) is 0 Å². The third kappa shape index (κ3) is 4.38. The molecule has 0 atom stereocenters. The maximum Gasteiger partial charge on any atom is 0.257 e. The van der Waals surface area contributed by atoms with Crippen molar-refractivity contribution in [3.63, 3.8) is 0 Å². The lowest BCUT2D eigenvalue weighted by Gasteiger charge is -2.11. The van der Waals surface area contributed by atoms with Crippen LogP contribution >= 0.6 is 23.1 Å². The van der Waals surface area contributed by atoms with E-state index in [0.29, 0.717) is 5.03 Å². The molecule has 0 radical (unpaired) electrons. The second-order valence-electron chi connectivity index (χ2n) is 5.80. The Morgan fingerprint density at radius 2 is 1.86 bits per heavy atom. The smallest absolute Gasteiger partial charge is 0.257 e. The highest BCUT2D eigenvalue weighted by atomic mass is 32.2. The molecule has 28 heavy (non-hydrogen) atoms. The molecule has 0 fully saturated rings. The minimum Gasteiger partial charge on any atom is -0.292 e. The van der Waals surface area contributed by atoms with Gasteiger partial charge >= 0.3 is 0 Å². The Morgan fingerprint density at radius 3 is 2.54 bits per heavy atom. The summed E-state index contributed by atoms with van der Waals surface area (Å²) in [5, 5.41) is 5.73. The number of imide groups is 1. The van der Waals surface area contributed by atoms with E-state index >= 15 is 0 Å². The SMILES string of the molecule is CN(C)S(=O)(=O)c1ccc(C(=O)NC(=O)CSc2ncnc3sccc23)cc1. The molecular weight excluding hydrogens is 420 g/mol. The van der Waals surface area contributed by atoms with E-state index < -0.39 is 21.8 Å². The number of rotatable bonds is 6. The molecule has 3 aromatic rings. The summed E-state index contributed by atoms with van der Waals surface area (Å²) in [5.74, 6) is -1.05. The Kier molecular flexibility index (Phi) is 6.08. The van der Waals surface area contributed by atoms with E-state index in [1.54, 1.807) is 0 Å². The van der Waals surface area contributed by atoms with Crippen molar-refractivity contribution in [3.8, 4) is 0 Å². The van der Waals surface area contributed by atoms with Crippen LogP contribution in [0.15, 0.2) is 52.0 Å². The van der Waals surface area contributed by atoms with Gasteiger partial charge in [-0.15, -0.1) is 11.3 Å². The van der Waals surface area contributed by atoms with Gasteiger partial charge in [0.1, 0.15) is 16.2 Å². The van der Waals surface area contributed by atoms with Crippen LogP contribution in [0.3, 0.4) is 0 Å². The van der Waals surface area contributed by atoms with Crippen LogP contribution in [0, 0.1) is 0 Å². The van der Waals surface area contributed by atoms with E-state index in [0.717, 1.165) is 14.5 Å². The van der Waals surface area contributed by atoms with Crippen LogP contribution in [0.1, 0.15) is 10.4 Å². The monoisotopic (exact) mass is 436 g/mol. The highest BCUT2D eigenvalue weighted by molar-refractivity contribution is 8.00. The minimum absolute atomic E-state index is 0.0147. The van der Waals surface area contributed by atoms with Crippen molar-refractivity contribution in [2.24, 2.45) is 0 Å². The van der Waals surface area contributed by atoms with Crippen LogP contribution in [0.4, 0.5) is 0 Å². The molecule has 0 unspecified atom stereocenters. The largest absolute Gasteiger partial charge is 0.292 e. The molecule has 2 aromatic heterocycles. The third-order valence-electron chi connectivity index (χ3n) is 3.71. The number of thiophene rings is 1. The number of nitrogens with one attached hydrogen (secondary N) is 1. The van der Waals surface area contributed by atoms with Gasteiger partial charge in [-0.25, -0.2) is 22.7 Å². The zero-order valence-electron chi connectivity index (χ0n) is 14.9. The summed E-state index contributed by atoms with van der Waals surface area (Å²) >= 11 is 2.70. The minimum atomic E-state index is -3.57. The fourth-order valence-electron chi connectivity index (χ4n) is 2.24. The molecule has 2 amide bonds. The average molecular weight is 437 g/mol. The highest BCUT2D eigenvalue weighted by Gasteiger charge is 2.18. The number of benzene rings is 1. The first-order valence-corrected chi connectivity index (χ1v) is 11.3. The molecular formula is C17H16N4O4S3. The second kappa shape index (κ2) is 8.35. The van der Waals surface area contributed by atoms with E-state index in [2.05, 4.69) is 15.3 Å². The van der Waals surface area contributed by atoms with Gasteiger partial charge in [-0.2, -0.15) is 0 Å². The summed E-state index contributed by atoms with van der Waals surface area (Å²) < 4.78 is 25.2. The summed E-state index contributed by atoms with van der Waals surface area (Å²) in [6.45, 7) is 0. The maximum atomic E-state index is 12.2. The predicted octanol–water partition coefficient (Wildman–Crippen LogP) is 1.99. The number of nitrogens with zero attached hydrogens (tertiary/aromatic N) is 3. The number of thioether (sulfide) groups is 1. The number of sulfonamides is 1. The van der Waals surface area contributed by atoms with Crippen LogP contribution in [0.25, 0.3) is 10.2 Å². The van der Waals surface area contributed by atoms with E-state index in [4.69, 9.17) is 0 Å². The van der Waals surface area contributed by atoms with Crippen LogP contribution in [-0.4, -0.2) is 54.4 Å². The lowest BCUT2D eigenvalue weighted by molar-refractivity contribution is -0.117. The Labute approximate surface area is 170 Å². The molecule has 8 nitrogen and oxygen atoms in total. The Hall–Kier alpha value is -2.34. The Morgan fingerprint density at radius 1 is 1.14 bits per heavy atom. The number of fused-ring (bicyclic) bond motifs is 1. The second-order valence-corrected chi connectivity index (χ2v) is 9.81. The van der Waals surface area contributed by atoms with Gasteiger partial charge in [-0.3, -0.25) is 14.9 Å². The topological polar surface area (TPSA) is 109 Å². The summed E-state index contributed by atoms with van der Waals surface area (Å²) in [5.41, 5.74) is 0.193. The quantitative estimate of drug-likeness (QED) is 0.465. The molecule has 0 spiro atoms. The molecule has 0 aliphatic carbocycles. The van der Waals surface area contributed by atoms with Crippen molar-refractivity contribution in [1.82, 2.24) is 19.6 Å². The first-order valence-electron chi connectivity index (χ1n) is 7.97. The maximum absolute atomic E-state index is 12.2. The zero-order valence-corrected chi connectivity index (χ0v) is 17.4. The van der Waals surface area contributed by atoms with Gasteiger partial charge < -0.3 is 0 Å². The number of hydrogen-bond donors (Lipinski definition) is 1. The van der Waals surface area contributed by atoms with E-state index in [1.165, 1.54) is 67.8 Å². The first kappa shape index (κ1) is 20.4. The predicted molar refractivity (Wildman–Crippen MR) is 108 cm³/mol. The van der Waals surface area contributed by atoms with Gasteiger partial charge in [0.05, 0.1) is 10.6 Å². The fraction of sp³-hybridized carbons (Fsp3) is 0.176. The standard InChI is InChI=1S/C17H16N4O4S3/c1-21(2)28(24,25)12-5-3-11(4-6-12)15(23)20-14(22)9-27-17-13-7-8-26-16(13)18-10-19-17/h3-8,10H,9H2,1-2H3,(H,20,22,23). The summed E-state index contributed by atoms with van der Waals surface area (Å²) in [7, 11) is -0.726. The summed E-state index contributed by atoms with van der Waals surface area (Å²) in [6.07, 6.45) is 1.44. The molecule has 0 saturated heterocycles. The molecule has 0 aliphatic heterocycles. The Bertz CT molecular complexity index is 1120. The van der Waals surface area contributed by atoms with Gasteiger partial charge in [0, 0.05) is 25.0 Å². The van der Waals surface area contributed by atoms with Crippen LogP contribution in [-0.2, 0) is 14.8 Å². The molecule has 1 N–H and O–H groups in total. The van der Waals surface area contributed by atoms with Gasteiger partial charge in [0.25, 0.3) is 5.91 Å². The average Bonchev–Trinajstić information content (AvgIpc) is 3.15. The van der Waals surface area contributed by atoms with Crippen LogP contribution in [0.5, 0.6) is 0 Å². The number of hydrogen-bond acceptors (Lipinski definition) is 8. The summed E-state index contributed by atoms with van der Waals surface area (Å²) in [6, 6.07) is 7.28. The molecule has 0 bridgehead atoms. The number of carbonyl (C=O) groups excluding carboxylic acids is 2. The summed E-state index contributed by atoms with van der Waals surface area (Å²) in [4.78, 5) is 33.5. The van der Waals surface area contributed by atoms with Gasteiger partial charge in [0.2, 0.25) is 15.9 Å². The van der Waals surface area contributed by atoms with Crippen molar-refractivity contribution in [1.29, 1.82) is 0 Å². The first-order chi connectivity index (χ1) is 13.3. The van der Waals surface area contributed by atoms with Crippen molar-refractivity contribution in [3.05, 3.63) is 47.6 Å². The van der Waals surface area contributed by atoms with E-state index in [9.17, 15) is 18.0 Å². The third-order valence-corrected chi connectivity index (χ3v) is 7.37. The molecule has 1 aromatic carbocycles. The van der Waals surface area contributed by atoms with Crippen molar-refractivity contribution < 1.29 is 18.0 Å². The fourth-order valence-corrected chi connectivity index (χ4v) is 4.72. The number of amides is 2. The van der Waals surface area contributed by atoms with E-state index in [-0.39, 0.29) is 16.2 Å². The normalized spacial score (nSPS) is 11.7. The highest BCUT2D eigenvalue weighted by Crippen LogP contribution is 2.27.